The van der Waals surface area contributed by atoms with Crippen molar-refractivity contribution in [3.05, 3.63) is 28.5 Å². The first-order valence-electron chi connectivity index (χ1n) is 6.61. The number of nitrogens with zero attached hydrogens (tertiary/aromatic N) is 2. The highest BCUT2D eigenvalue weighted by molar-refractivity contribution is 9.10. The molecule has 0 spiro atoms. The summed E-state index contributed by atoms with van der Waals surface area (Å²) in [4.78, 5) is 4.05. The van der Waals surface area contributed by atoms with Crippen LogP contribution in [0.1, 0.15) is 24.4 Å². The molecule has 0 N–H and O–H groups in total. The van der Waals surface area contributed by atoms with E-state index in [1.807, 2.05) is 0 Å². The molecule has 120 valence electrons. The van der Waals surface area contributed by atoms with Crippen LogP contribution in [0.2, 0.25) is 0 Å². The van der Waals surface area contributed by atoms with Gasteiger partial charge in [-0.05, 0) is 25.0 Å². The zero-order valence-corrected chi connectivity index (χ0v) is 13.7. The molecule has 3 rings (SSSR count). The van der Waals surface area contributed by atoms with Gasteiger partial charge in [0.25, 0.3) is 0 Å². The van der Waals surface area contributed by atoms with Gasteiger partial charge in [-0.15, -0.1) is 0 Å². The molecule has 0 atom stereocenters. The molecule has 0 saturated carbocycles. The van der Waals surface area contributed by atoms with Crippen LogP contribution in [0.25, 0.3) is 11.0 Å². The van der Waals surface area contributed by atoms with Gasteiger partial charge in [0.1, 0.15) is 9.84 Å². The molecule has 2 heterocycles. The lowest BCUT2D eigenvalue weighted by Crippen LogP contribution is -2.25. The van der Waals surface area contributed by atoms with E-state index in [-0.39, 0.29) is 28.6 Å². The Labute approximate surface area is 133 Å². The Balaban J connectivity index is 2.12. The quantitative estimate of drug-likeness (QED) is 0.740. The first-order valence-corrected chi connectivity index (χ1v) is 9.22. The highest BCUT2D eigenvalue weighted by atomic mass is 79.9. The summed E-state index contributed by atoms with van der Waals surface area (Å²) in [5, 5.41) is 0. The largest absolute Gasteiger partial charge is 0.418 e. The fourth-order valence-electron chi connectivity index (χ4n) is 2.79. The van der Waals surface area contributed by atoms with E-state index in [1.54, 1.807) is 0 Å². The Hall–Kier alpha value is -1.09. The van der Waals surface area contributed by atoms with Crippen molar-refractivity contribution in [1.82, 2.24) is 9.55 Å². The predicted molar refractivity (Wildman–Crippen MR) is 79.4 cm³/mol. The SMILES string of the molecule is O=S1(=O)CCC(n2cnc3cc(Br)cc(C(F)(F)F)c32)CC1. The van der Waals surface area contributed by atoms with Crippen molar-refractivity contribution in [2.24, 2.45) is 0 Å². The van der Waals surface area contributed by atoms with E-state index in [2.05, 4.69) is 20.9 Å². The molecular weight excluding hydrogens is 385 g/mol. The Morgan fingerprint density at radius 2 is 1.86 bits per heavy atom. The molecule has 1 aliphatic rings. The number of halogens is 4. The maximum atomic E-state index is 13.3. The van der Waals surface area contributed by atoms with Crippen LogP contribution >= 0.6 is 15.9 Å². The summed E-state index contributed by atoms with van der Waals surface area (Å²) < 4.78 is 64.6. The van der Waals surface area contributed by atoms with E-state index >= 15 is 0 Å². The Morgan fingerprint density at radius 3 is 2.45 bits per heavy atom. The monoisotopic (exact) mass is 396 g/mol. The van der Waals surface area contributed by atoms with E-state index < -0.39 is 21.6 Å². The molecule has 1 fully saturated rings. The first-order chi connectivity index (χ1) is 10.2. The zero-order valence-electron chi connectivity index (χ0n) is 11.3. The molecule has 22 heavy (non-hydrogen) atoms. The average Bonchev–Trinajstić information content (AvgIpc) is 2.80. The van der Waals surface area contributed by atoms with E-state index in [4.69, 9.17) is 0 Å². The minimum Gasteiger partial charge on any atom is -0.327 e. The highest BCUT2D eigenvalue weighted by Crippen LogP contribution is 2.38. The van der Waals surface area contributed by atoms with E-state index in [0.29, 0.717) is 17.3 Å². The topological polar surface area (TPSA) is 52.0 Å². The van der Waals surface area contributed by atoms with Crippen molar-refractivity contribution in [2.75, 3.05) is 11.5 Å². The van der Waals surface area contributed by atoms with Crippen LogP contribution in [0.3, 0.4) is 0 Å². The lowest BCUT2D eigenvalue weighted by Gasteiger charge is -2.24. The third-order valence-corrected chi connectivity index (χ3v) is 6.03. The molecule has 1 aromatic carbocycles. The Kier molecular flexibility index (Phi) is 3.75. The van der Waals surface area contributed by atoms with Crippen molar-refractivity contribution >= 4 is 36.8 Å². The standard InChI is InChI=1S/C13H12BrF3N2O2S/c14-8-5-10(13(15,16)17)12-11(6-8)18-7-19(12)9-1-3-22(20,21)4-2-9/h5-7,9H,1-4H2. The number of imidazole rings is 1. The highest BCUT2D eigenvalue weighted by Gasteiger charge is 2.36. The number of aromatic nitrogens is 2. The summed E-state index contributed by atoms with van der Waals surface area (Å²) in [7, 11) is -3.07. The van der Waals surface area contributed by atoms with Gasteiger partial charge in [0.2, 0.25) is 0 Å². The number of benzene rings is 1. The van der Waals surface area contributed by atoms with Crippen molar-refractivity contribution < 1.29 is 21.6 Å². The first kappa shape index (κ1) is 15.8. The van der Waals surface area contributed by atoms with E-state index in [0.717, 1.165) is 6.07 Å². The van der Waals surface area contributed by atoms with Gasteiger partial charge in [0.15, 0.2) is 0 Å². The zero-order chi connectivity index (χ0) is 16.1. The van der Waals surface area contributed by atoms with Crippen molar-refractivity contribution in [3.8, 4) is 0 Å². The van der Waals surface area contributed by atoms with Crippen LogP contribution in [0.4, 0.5) is 13.2 Å². The number of fused-ring (bicyclic) bond motifs is 1. The maximum Gasteiger partial charge on any atom is 0.418 e. The number of alkyl halides is 3. The number of sulfone groups is 1. The second-order valence-corrected chi connectivity index (χ2v) is 8.57. The van der Waals surface area contributed by atoms with Gasteiger partial charge in [-0.1, -0.05) is 15.9 Å². The van der Waals surface area contributed by atoms with Gasteiger partial charge in [0, 0.05) is 10.5 Å². The van der Waals surface area contributed by atoms with E-state index in [1.165, 1.54) is 17.0 Å². The van der Waals surface area contributed by atoms with Crippen molar-refractivity contribution in [1.29, 1.82) is 0 Å². The normalized spacial score (nSPS) is 19.6. The molecule has 0 bridgehead atoms. The van der Waals surface area contributed by atoms with Gasteiger partial charge >= 0.3 is 6.18 Å². The van der Waals surface area contributed by atoms with Gasteiger partial charge in [-0.2, -0.15) is 13.2 Å². The number of hydrogen-bond donors (Lipinski definition) is 0. The van der Waals surface area contributed by atoms with Crippen molar-refractivity contribution in [2.45, 2.75) is 25.1 Å². The number of hydrogen-bond acceptors (Lipinski definition) is 3. The molecule has 9 heteroatoms. The van der Waals surface area contributed by atoms with Crippen LogP contribution in [-0.4, -0.2) is 29.5 Å². The smallest absolute Gasteiger partial charge is 0.327 e. The Morgan fingerprint density at radius 1 is 1.23 bits per heavy atom. The van der Waals surface area contributed by atoms with Crippen LogP contribution in [0.15, 0.2) is 22.9 Å². The van der Waals surface area contributed by atoms with Gasteiger partial charge in [-0.25, -0.2) is 13.4 Å². The van der Waals surface area contributed by atoms with Gasteiger partial charge in [-0.3, -0.25) is 0 Å². The summed E-state index contributed by atoms with van der Waals surface area (Å²) in [5.74, 6) is -0.00949. The summed E-state index contributed by atoms with van der Waals surface area (Å²) in [6, 6.07) is 2.27. The molecule has 4 nitrogen and oxygen atoms in total. The predicted octanol–water partition coefficient (Wildman–Crippen LogP) is 3.57. The van der Waals surface area contributed by atoms with Crippen LogP contribution in [-0.2, 0) is 16.0 Å². The molecule has 0 aliphatic carbocycles. The molecule has 0 radical (unpaired) electrons. The minimum absolute atomic E-state index is 0.00474. The van der Waals surface area contributed by atoms with Crippen LogP contribution in [0, 0.1) is 0 Å². The van der Waals surface area contributed by atoms with E-state index in [9.17, 15) is 21.6 Å². The lowest BCUT2D eigenvalue weighted by molar-refractivity contribution is -0.136. The van der Waals surface area contributed by atoms with Gasteiger partial charge in [0.05, 0.1) is 34.4 Å². The van der Waals surface area contributed by atoms with Crippen molar-refractivity contribution in [3.63, 3.8) is 0 Å². The Bertz CT molecular complexity index is 816. The molecule has 0 amide bonds. The summed E-state index contributed by atoms with van der Waals surface area (Å²) in [6.45, 7) is 0. The minimum atomic E-state index is -4.50. The van der Waals surface area contributed by atoms with Crippen LogP contribution < -0.4 is 0 Å². The molecule has 1 saturated heterocycles. The molecule has 2 aromatic rings. The average molecular weight is 397 g/mol. The molecular formula is C13H12BrF3N2O2S. The second-order valence-electron chi connectivity index (χ2n) is 5.35. The molecule has 1 aliphatic heterocycles. The number of rotatable bonds is 1. The summed E-state index contributed by atoms with van der Waals surface area (Å²) in [6.07, 6.45) is -2.52. The summed E-state index contributed by atoms with van der Waals surface area (Å²) in [5.41, 5.74) is -0.502. The fraction of sp³-hybridized carbons (Fsp3) is 0.462. The van der Waals surface area contributed by atoms with Crippen LogP contribution in [0.5, 0.6) is 0 Å². The fourth-order valence-corrected chi connectivity index (χ4v) is 4.70. The third-order valence-electron chi connectivity index (χ3n) is 3.86. The molecule has 1 aromatic heterocycles. The summed E-state index contributed by atoms with van der Waals surface area (Å²) >= 11 is 3.07. The lowest BCUT2D eigenvalue weighted by atomic mass is 10.1. The maximum absolute atomic E-state index is 13.3. The third kappa shape index (κ3) is 2.88. The second kappa shape index (κ2) is 5.23. The molecule has 0 unspecified atom stereocenters. The van der Waals surface area contributed by atoms with Gasteiger partial charge < -0.3 is 4.57 Å².